The number of hydrogen-bond donors (Lipinski definition) is 0. The van der Waals surface area contributed by atoms with Gasteiger partial charge in [0.25, 0.3) is 0 Å². The van der Waals surface area contributed by atoms with E-state index in [-0.39, 0.29) is 0 Å². The van der Waals surface area contributed by atoms with E-state index in [9.17, 15) is 0 Å². The fraction of sp³-hybridized carbons (Fsp3) is 0. The Hall–Kier alpha value is -7.94. The molecule has 0 aliphatic rings. The van der Waals surface area contributed by atoms with Crippen molar-refractivity contribution in [3.05, 3.63) is 243 Å². The van der Waals surface area contributed by atoms with E-state index >= 15 is 0 Å². The molecule has 11 aromatic rings. The molecule has 0 aliphatic carbocycles. The van der Waals surface area contributed by atoms with Gasteiger partial charge in [-0.25, -0.2) is 0 Å². The summed E-state index contributed by atoms with van der Waals surface area (Å²) in [6.45, 7) is 0. The number of hydrogen-bond acceptors (Lipinski definition) is 1. The molecule has 0 saturated heterocycles. The van der Waals surface area contributed by atoms with Crippen molar-refractivity contribution in [3.63, 3.8) is 0 Å². The molecule has 0 radical (unpaired) electrons. The molecule has 2 heteroatoms. The van der Waals surface area contributed by atoms with Gasteiger partial charge in [-0.1, -0.05) is 194 Å². The van der Waals surface area contributed by atoms with Crippen LogP contribution in [0.3, 0.4) is 0 Å². The second-order valence-corrected chi connectivity index (χ2v) is 15.3. The summed E-state index contributed by atoms with van der Waals surface area (Å²) in [5.74, 6) is 0. The number of fused-ring (bicyclic) bond motifs is 4. The molecule has 0 spiro atoms. The van der Waals surface area contributed by atoms with E-state index in [1.54, 1.807) is 0 Å². The van der Waals surface area contributed by atoms with Gasteiger partial charge in [0, 0.05) is 33.4 Å². The number of rotatable bonds is 8. The summed E-state index contributed by atoms with van der Waals surface area (Å²) >= 11 is 0. The maximum Gasteiger partial charge on any atom is 0.0561 e. The Kier molecular flexibility index (Phi) is 8.87. The van der Waals surface area contributed by atoms with Gasteiger partial charge in [0.05, 0.1) is 16.7 Å². The van der Waals surface area contributed by atoms with Gasteiger partial charge < -0.3 is 9.47 Å². The molecule has 2 nitrogen and oxygen atoms in total. The molecule has 282 valence electrons. The molecule has 60 heavy (non-hydrogen) atoms. The maximum absolute atomic E-state index is 2.45. The summed E-state index contributed by atoms with van der Waals surface area (Å²) in [6, 6.07) is 88.0. The van der Waals surface area contributed by atoms with Crippen LogP contribution in [0.1, 0.15) is 0 Å². The topological polar surface area (TPSA) is 8.17 Å². The van der Waals surface area contributed by atoms with Gasteiger partial charge in [0.2, 0.25) is 0 Å². The Balaban J connectivity index is 1.16. The largest absolute Gasteiger partial charge is 0.310 e. The second-order valence-electron chi connectivity index (χ2n) is 15.3. The summed E-state index contributed by atoms with van der Waals surface area (Å²) in [5.41, 5.74) is 16.2. The molecular formula is C58H40N2. The van der Waals surface area contributed by atoms with Crippen LogP contribution in [0.4, 0.5) is 17.1 Å². The van der Waals surface area contributed by atoms with E-state index in [0.717, 1.165) is 33.8 Å². The smallest absolute Gasteiger partial charge is 0.0561 e. The molecule has 1 aromatic heterocycles. The number of nitrogens with zero attached hydrogens (tertiary/aromatic N) is 2. The lowest BCUT2D eigenvalue weighted by Crippen LogP contribution is -2.11. The first kappa shape index (κ1) is 35.2. The fourth-order valence-electron chi connectivity index (χ4n) is 9.00. The molecule has 0 unspecified atom stereocenters. The molecule has 0 N–H and O–H groups in total. The second kappa shape index (κ2) is 15.1. The predicted octanol–water partition coefficient (Wildman–Crippen LogP) is 16.1. The number of para-hydroxylation sites is 2. The molecular weight excluding hydrogens is 725 g/mol. The Morgan fingerprint density at radius 2 is 0.850 bits per heavy atom. The summed E-state index contributed by atoms with van der Waals surface area (Å²) < 4.78 is 2.45. The van der Waals surface area contributed by atoms with Crippen molar-refractivity contribution in [3.8, 4) is 50.2 Å². The molecule has 1 heterocycles. The minimum Gasteiger partial charge on any atom is -0.310 e. The standard InChI is InChI=1S/C58H40N2/c1-5-18-41(19-6-1)51-36-33-47(39-55(51)44-22-9-3-10-23-44)60-56-31-16-15-29-53(56)54-37-34-48(40-58(54)60)59(46-26-11-4-12-27-46)57-38-45(32-35-52(57)43-20-7-2-8-21-43)50-30-17-25-42-24-13-14-28-49(42)50/h1-40H. The highest BCUT2D eigenvalue weighted by atomic mass is 15.1. The van der Waals surface area contributed by atoms with Crippen molar-refractivity contribution < 1.29 is 0 Å². The molecule has 11 rings (SSSR count). The van der Waals surface area contributed by atoms with Crippen LogP contribution in [0.15, 0.2) is 243 Å². The zero-order chi connectivity index (χ0) is 39.8. The summed E-state index contributed by atoms with van der Waals surface area (Å²) in [7, 11) is 0. The van der Waals surface area contributed by atoms with Gasteiger partial charge in [0.15, 0.2) is 0 Å². The SMILES string of the molecule is c1ccc(-c2ccc(-n3c4ccccc4c4ccc(N(c5ccccc5)c5cc(-c6cccc7ccccc67)ccc5-c5ccccc5)cc43)cc2-c2ccccc2)cc1. The number of anilines is 3. The average molecular weight is 765 g/mol. The summed E-state index contributed by atoms with van der Waals surface area (Å²) in [4.78, 5) is 2.44. The number of benzene rings is 10. The normalized spacial score (nSPS) is 11.3. The van der Waals surface area contributed by atoms with Gasteiger partial charge >= 0.3 is 0 Å². The first-order chi connectivity index (χ1) is 29.8. The van der Waals surface area contributed by atoms with Crippen LogP contribution >= 0.6 is 0 Å². The lowest BCUT2D eigenvalue weighted by atomic mass is 9.94. The molecule has 10 aromatic carbocycles. The monoisotopic (exact) mass is 764 g/mol. The summed E-state index contributed by atoms with van der Waals surface area (Å²) in [6.07, 6.45) is 0. The zero-order valence-electron chi connectivity index (χ0n) is 33.0. The van der Waals surface area contributed by atoms with Gasteiger partial charge in [-0.05, 0) is 98.2 Å². The third-order valence-corrected chi connectivity index (χ3v) is 11.8. The highest BCUT2D eigenvalue weighted by Gasteiger charge is 2.22. The van der Waals surface area contributed by atoms with E-state index in [1.807, 2.05) is 0 Å². The van der Waals surface area contributed by atoms with Crippen LogP contribution in [0.5, 0.6) is 0 Å². The van der Waals surface area contributed by atoms with Crippen molar-refractivity contribution in [2.75, 3.05) is 4.90 Å². The molecule has 0 fully saturated rings. The Labute approximate surface area is 350 Å². The van der Waals surface area contributed by atoms with Crippen molar-refractivity contribution in [2.45, 2.75) is 0 Å². The van der Waals surface area contributed by atoms with Gasteiger partial charge in [-0.15, -0.1) is 0 Å². The van der Waals surface area contributed by atoms with E-state index in [1.165, 1.54) is 66.0 Å². The predicted molar refractivity (Wildman–Crippen MR) is 255 cm³/mol. The quantitative estimate of drug-likeness (QED) is 0.150. The van der Waals surface area contributed by atoms with Crippen molar-refractivity contribution in [1.29, 1.82) is 0 Å². The minimum atomic E-state index is 1.08. The molecule has 0 amide bonds. The van der Waals surface area contributed by atoms with Crippen molar-refractivity contribution in [1.82, 2.24) is 4.57 Å². The lowest BCUT2D eigenvalue weighted by Gasteiger charge is -2.29. The van der Waals surface area contributed by atoms with Crippen LogP contribution in [-0.2, 0) is 0 Å². The third-order valence-electron chi connectivity index (χ3n) is 11.8. The number of aromatic nitrogens is 1. The van der Waals surface area contributed by atoms with Gasteiger partial charge in [0.1, 0.15) is 0 Å². The summed E-state index contributed by atoms with van der Waals surface area (Å²) in [5, 5.41) is 4.91. The highest BCUT2D eigenvalue weighted by Crippen LogP contribution is 2.46. The van der Waals surface area contributed by atoms with E-state index < -0.39 is 0 Å². The van der Waals surface area contributed by atoms with Crippen LogP contribution in [0, 0.1) is 0 Å². The fourth-order valence-corrected chi connectivity index (χ4v) is 9.00. The Morgan fingerprint density at radius 1 is 0.283 bits per heavy atom. The van der Waals surface area contributed by atoms with Crippen molar-refractivity contribution in [2.24, 2.45) is 0 Å². The molecule has 0 aliphatic heterocycles. The van der Waals surface area contributed by atoms with E-state index in [2.05, 4.69) is 252 Å². The van der Waals surface area contributed by atoms with Crippen LogP contribution in [-0.4, -0.2) is 4.57 Å². The third kappa shape index (κ3) is 6.23. The van der Waals surface area contributed by atoms with Crippen LogP contribution < -0.4 is 4.90 Å². The molecule has 0 bridgehead atoms. The van der Waals surface area contributed by atoms with E-state index in [0.29, 0.717) is 0 Å². The van der Waals surface area contributed by atoms with E-state index in [4.69, 9.17) is 0 Å². The Morgan fingerprint density at radius 3 is 1.58 bits per heavy atom. The molecule has 0 saturated carbocycles. The average Bonchev–Trinajstić information content (AvgIpc) is 3.66. The first-order valence-electron chi connectivity index (χ1n) is 20.6. The first-order valence-corrected chi connectivity index (χ1v) is 20.6. The van der Waals surface area contributed by atoms with Crippen LogP contribution in [0.2, 0.25) is 0 Å². The Bertz CT molecular complexity index is 3290. The highest BCUT2D eigenvalue weighted by molar-refractivity contribution is 6.11. The molecule has 0 atom stereocenters. The van der Waals surface area contributed by atoms with Crippen LogP contribution in [0.25, 0.3) is 82.8 Å². The van der Waals surface area contributed by atoms with Gasteiger partial charge in [-0.3, -0.25) is 0 Å². The maximum atomic E-state index is 2.45. The minimum absolute atomic E-state index is 1.08. The lowest BCUT2D eigenvalue weighted by molar-refractivity contribution is 1.18. The van der Waals surface area contributed by atoms with Crippen molar-refractivity contribution >= 4 is 49.6 Å². The zero-order valence-corrected chi connectivity index (χ0v) is 33.0. The van der Waals surface area contributed by atoms with Gasteiger partial charge in [-0.2, -0.15) is 0 Å².